The van der Waals surface area contributed by atoms with Crippen molar-refractivity contribution in [3.8, 4) is 5.75 Å². The molecule has 0 aliphatic heterocycles. The van der Waals surface area contributed by atoms with E-state index in [0.717, 1.165) is 5.69 Å². The predicted molar refractivity (Wildman–Crippen MR) is 91.1 cm³/mol. The Bertz CT molecular complexity index is 699. The first-order chi connectivity index (χ1) is 11.1. The molecule has 2 aromatic rings. The number of hydrogen-bond acceptors (Lipinski definition) is 3. The van der Waals surface area contributed by atoms with Crippen LogP contribution in [0.1, 0.15) is 24.2 Å². The number of rotatable bonds is 5. The Morgan fingerprint density at radius 3 is 2.39 bits per heavy atom. The van der Waals surface area contributed by atoms with Gasteiger partial charge in [0.2, 0.25) is 5.91 Å². The normalized spacial score (nSPS) is 10.0. The minimum atomic E-state index is -0.191. The summed E-state index contributed by atoms with van der Waals surface area (Å²) < 4.78 is 5.30. The fourth-order valence-electron chi connectivity index (χ4n) is 2.35. The van der Waals surface area contributed by atoms with E-state index in [1.54, 1.807) is 23.1 Å². The number of ether oxygens (including phenoxy) is 1. The van der Waals surface area contributed by atoms with Gasteiger partial charge in [0, 0.05) is 24.8 Å². The Morgan fingerprint density at radius 2 is 1.83 bits per heavy atom. The summed E-state index contributed by atoms with van der Waals surface area (Å²) in [5, 5.41) is 2.68. The van der Waals surface area contributed by atoms with E-state index in [9.17, 15) is 9.59 Å². The van der Waals surface area contributed by atoms with E-state index in [2.05, 4.69) is 5.32 Å². The van der Waals surface area contributed by atoms with Crippen molar-refractivity contribution >= 4 is 23.2 Å². The molecule has 0 saturated carbocycles. The van der Waals surface area contributed by atoms with Gasteiger partial charge >= 0.3 is 0 Å². The van der Waals surface area contributed by atoms with Gasteiger partial charge in [-0.2, -0.15) is 0 Å². The number of carbonyl (C=O) groups excluding carboxylic acids is 2. The second-order valence-corrected chi connectivity index (χ2v) is 4.98. The molecule has 0 unspecified atom stereocenters. The molecule has 0 aromatic heterocycles. The number of hydrogen-bond donors (Lipinski definition) is 1. The van der Waals surface area contributed by atoms with Gasteiger partial charge < -0.3 is 15.0 Å². The largest absolute Gasteiger partial charge is 0.496 e. The minimum absolute atomic E-state index is 0.178. The van der Waals surface area contributed by atoms with Crippen LogP contribution in [-0.4, -0.2) is 25.5 Å². The molecule has 0 aliphatic carbocycles. The lowest BCUT2D eigenvalue weighted by Crippen LogP contribution is -2.31. The van der Waals surface area contributed by atoms with Crippen LogP contribution in [-0.2, 0) is 4.79 Å². The van der Waals surface area contributed by atoms with Gasteiger partial charge in [-0.15, -0.1) is 0 Å². The van der Waals surface area contributed by atoms with Crippen molar-refractivity contribution in [1.29, 1.82) is 0 Å². The van der Waals surface area contributed by atoms with Gasteiger partial charge in [0.05, 0.1) is 12.7 Å². The van der Waals surface area contributed by atoms with Gasteiger partial charge in [0.1, 0.15) is 5.75 Å². The number of nitrogens with zero attached hydrogens (tertiary/aromatic N) is 1. The first-order valence-electron chi connectivity index (χ1n) is 7.39. The van der Waals surface area contributed by atoms with Crippen molar-refractivity contribution < 1.29 is 14.3 Å². The molecule has 0 atom stereocenters. The van der Waals surface area contributed by atoms with Crippen molar-refractivity contribution in [2.75, 3.05) is 23.9 Å². The number of methoxy groups -OCH3 is 1. The van der Waals surface area contributed by atoms with Crippen LogP contribution in [0.15, 0.2) is 48.5 Å². The lowest BCUT2D eigenvalue weighted by Gasteiger charge is -2.22. The van der Waals surface area contributed by atoms with E-state index in [1.807, 2.05) is 37.3 Å². The third-order valence-electron chi connectivity index (χ3n) is 3.38. The number of carbonyl (C=O) groups is 2. The standard InChI is InChI=1S/C18H20N2O3/c1-4-20(15-8-6-5-7-9-15)18(22)16-12-14(19-13(2)21)10-11-17(16)23-3/h5-12H,4H2,1-3H3,(H,19,21). The van der Waals surface area contributed by atoms with Gasteiger partial charge in [-0.25, -0.2) is 0 Å². The molecule has 23 heavy (non-hydrogen) atoms. The Morgan fingerprint density at radius 1 is 1.13 bits per heavy atom. The highest BCUT2D eigenvalue weighted by Crippen LogP contribution is 2.26. The van der Waals surface area contributed by atoms with Gasteiger partial charge in [-0.3, -0.25) is 9.59 Å². The number of amides is 2. The van der Waals surface area contributed by atoms with Crippen LogP contribution in [0.4, 0.5) is 11.4 Å². The summed E-state index contributed by atoms with van der Waals surface area (Å²) in [5.74, 6) is 0.102. The van der Waals surface area contributed by atoms with Crippen LogP contribution in [0.2, 0.25) is 0 Å². The first-order valence-corrected chi connectivity index (χ1v) is 7.39. The van der Waals surface area contributed by atoms with Crippen LogP contribution < -0.4 is 15.0 Å². The Labute approximate surface area is 135 Å². The molecule has 5 heteroatoms. The third-order valence-corrected chi connectivity index (χ3v) is 3.38. The predicted octanol–water partition coefficient (Wildman–Crippen LogP) is 3.32. The van der Waals surface area contributed by atoms with E-state index in [0.29, 0.717) is 23.5 Å². The molecule has 0 heterocycles. The van der Waals surface area contributed by atoms with Crippen molar-refractivity contribution in [3.63, 3.8) is 0 Å². The van der Waals surface area contributed by atoms with E-state index >= 15 is 0 Å². The molecule has 2 amide bonds. The number of para-hydroxylation sites is 1. The molecule has 1 N–H and O–H groups in total. The molecule has 5 nitrogen and oxygen atoms in total. The second-order valence-electron chi connectivity index (χ2n) is 4.98. The zero-order valence-electron chi connectivity index (χ0n) is 13.5. The molecule has 0 aliphatic rings. The maximum Gasteiger partial charge on any atom is 0.262 e. The maximum absolute atomic E-state index is 12.9. The van der Waals surface area contributed by atoms with E-state index in [1.165, 1.54) is 14.0 Å². The summed E-state index contributed by atoms with van der Waals surface area (Å²) >= 11 is 0. The second kappa shape index (κ2) is 7.45. The molecule has 2 rings (SSSR count). The highest BCUT2D eigenvalue weighted by Gasteiger charge is 2.20. The molecule has 0 radical (unpaired) electrons. The highest BCUT2D eigenvalue weighted by atomic mass is 16.5. The number of benzene rings is 2. The van der Waals surface area contributed by atoms with Crippen LogP contribution in [0.5, 0.6) is 5.75 Å². The molecule has 0 saturated heterocycles. The van der Waals surface area contributed by atoms with Gasteiger partial charge in [0.15, 0.2) is 0 Å². The molecular formula is C18H20N2O3. The summed E-state index contributed by atoms with van der Waals surface area (Å²) in [5.41, 5.74) is 1.78. The summed E-state index contributed by atoms with van der Waals surface area (Å²) in [6.07, 6.45) is 0. The van der Waals surface area contributed by atoms with Gasteiger partial charge in [-0.05, 0) is 37.3 Å². The SMILES string of the molecule is CCN(C(=O)c1cc(NC(C)=O)ccc1OC)c1ccccc1. The summed E-state index contributed by atoms with van der Waals surface area (Å²) in [6, 6.07) is 14.4. The average molecular weight is 312 g/mol. The highest BCUT2D eigenvalue weighted by molar-refractivity contribution is 6.08. The van der Waals surface area contributed by atoms with Crippen molar-refractivity contribution in [1.82, 2.24) is 0 Å². The summed E-state index contributed by atoms with van der Waals surface area (Å²) in [7, 11) is 1.52. The molecule has 2 aromatic carbocycles. The lowest BCUT2D eigenvalue weighted by molar-refractivity contribution is -0.114. The maximum atomic E-state index is 12.9. The topological polar surface area (TPSA) is 58.6 Å². The Kier molecular flexibility index (Phi) is 5.36. The molecule has 0 fully saturated rings. The fourth-order valence-corrected chi connectivity index (χ4v) is 2.35. The zero-order chi connectivity index (χ0) is 16.8. The van der Waals surface area contributed by atoms with E-state index in [4.69, 9.17) is 4.74 Å². The van der Waals surface area contributed by atoms with E-state index < -0.39 is 0 Å². The Hall–Kier alpha value is -2.82. The molecular weight excluding hydrogens is 292 g/mol. The molecule has 0 bridgehead atoms. The van der Waals surface area contributed by atoms with Gasteiger partial charge in [0.25, 0.3) is 5.91 Å². The van der Waals surface area contributed by atoms with Gasteiger partial charge in [-0.1, -0.05) is 18.2 Å². The minimum Gasteiger partial charge on any atom is -0.496 e. The van der Waals surface area contributed by atoms with E-state index in [-0.39, 0.29) is 11.8 Å². The monoisotopic (exact) mass is 312 g/mol. The van der Waals surface area contributed by atoms with Crippen LogP contribution in [0.3, 0.4) is 0 Å². The van der Waals surface area contributed by atoms with Crippen molar-refractivity contribution in [2.45, 2.75) is 13.8 Å². The lowest BCUT2D eigenvalue weighted by atomic mass is 10.1. The molecule has 0 spiro atoms. The van der Waals surface area contributed by atoms with Crippen LogP contribution in [0, 0.1) is 0 Å². The average Bonchev–Trinajstić information content (AvgIpc) is 2.56. The number of nitrogens with one attached hydrogen (secondary N) is 1. The Balaban J connectivity index is 2.41. The van der Waals surface area contributed by atoms with Crippen molar-refractivity contribution in [2.24, 2.45) is 0 Å². The first kappa shape index (κ1) is 16.5. The number of anilines is 2. The van der Waals surface area contributed by atoms with Crippen LogP contribution in [0.25, 0.3) is 0 Å². The van der Waals surface area contributed by atoms with Crippen LogP contribution >= 0.6 is 0 Å². The summed E-state index contributed by atoms with van der Waals surface area (Å²) in [4.78, 5) is 25.8. The summed E-state index contributed by atoms with van der Waals surface area (Å²) in [6.45, 7) is 3.86. The third kappa shape index (κ3) is 3.88. The smallest absolute Gasteiger partial charge is 0.262 e. The fraction of sp³-hybridized carbons (Fsp3) is 0.222. The molecule has 120 valence electrons. The van der Waals surface area contributed by atoms with Crippen molar-refractivity contribution in [3.05, 3.63) is 54.1 Å². The zero-order valence-corrected chi connectivity index (χ0v) is 13.5. The quantitative estimate of drug-likeness (QED) is 0.921.